The van der Waals surface area contributed by atoms with E-state index in [0.717, 1.165) is 5.69 Å². The van der Waals surface area contributed by atoms with Crippen LogP contribution in [0.1, 0.15) is 5.56 Å². The lowest BCUT2D eigenvalue weighted by Gasteiger charge is -2.05. The van der Waals surface area contributed by atoms with E-state index in [1.807, 2.05) is 30.3 Å². The Hall–Kier alpha value is -1.88. The first-order chi connectivity index (χ1) is 10.6. The molecular formula is C16H11Cl2FN2O. The molecule has 0 atom stereocenters. The number of nitrogens with zero attached hydrogens (tertiary/aromatic N) is 2. The fraction of sp³-hybridized carbons (Fsp3) is 0.0625. The van der Waals surface area contributed by atoms with Crippen LogP contribution >= 0.6 is 23.2 Å². The van der Waals surface area contributed by atoms with Crippen LogP contribution in [0.15, 0.2) is 48.7 Å². The average Bonchev–Trinajstić information content (AvgIpc) is 2.96. The van der Waals surface area contributed by atoms with Crippen LogP contribution in [0.5, 0.6) is 0 Å². The zero-order valence-electron chi connectivity index (χ0n) is 11.3. The van der Waals surface area contributed by atoms with Gasteiger partial charge in [0, 0.05) is 17.3 Å². The summed E-state index contributed by atoms with van der Waals surface area (Å²) in [5.74, 6) is -0.584. The molecule has 1 N–H and O–H groups in total. The smallest absolute Gasteiger partial charge is 0.142 e. The van der Waals surface area contributed by atoms with Gasteiger partial charge in [-0.2, -0.15) is 5.10 Å². The first-order valence-corrected chi connectivity index (χ1v) is 7.25. The number of para-hydroxylation sites is 1. The monoisotopic (exact) mass is 336 g/mol. The molecule has 0 saturated carbocycles. The highest BCUT2D eigenvalue weighted by Crippen LogP contribution is 2.33. The second kappa shape index (κ2) is 6.08. The van der Waals surface area contributed by atoms with Crippen LogP contribution in [0.3, 0.4) is 0 Å². The third-order valence-corrected chi connectivity index (χ3v) is 3.85. The topological polar surface area (TPSA) is 38.0 Å². The highest BCUT2D eigenvalue weighted by molar-refractivity contribution is 6.36. The molecule has 0 aliphatic rings. The van der Waals surface area contributed by atoms with Gasteiger partial charge in [0.2, 0.25) is 0 Å². The van der Waals surface area contributed by atoms with E-state index in [4.69, 9.17) is 23.2 Å². The largest absolute Gasteiger partial charge is 0.392 e. The second-order valence-corrected chi connectivity index (χ2v) is 5.50. The molecule has 3 aromatic rings. The minimum absolute atomic E-state index is 0.0539. The summed E-state index contributed by atoms with van der Waals surface area (Å²) < 4.78 is 15.3. The number of rotatable bonds is 3. The molecule has 0 saturated heterocycles. The van der Waals surface area contributed by atoms with Crippen LogP contribution in [0.25, 0.3) is 16.9 Å². The van der Waals surface area contributed by atoms with Gasteiger partial charge in [0.25, 0.3) is 0 Å². The second-order valence-electron chi connectivity index (χ2n) is 4.69. The number of aliphatic hydroxyl groups is 1. The van der Waals surface area contributed by atoms with E-state index in [2.05, 4.69) is 5.10 Å². The highest BCUT2D eigenvalue weighted by atomic mass is 35.5. The van der Waals surface area contributed by atoms with Crippen molar-refractivity contribution in [3.63, 3.8) is 0 Å². The van der Waals surface area contributed by atoms with E-state index >= 15 is 0 Å². The van der Waals surface area contributed by atoms with E-state index < -0.39 is 5.82 Å². The van der Waals surface area contributed by atoms with Crippen LogP contribution in [0.2, 0.25) is 10.0 Å². The van der Waals surface area contributed by atoms with Gasteiger partial charge in [0.15, 0.2) is 0 Å². The SMILES string of the molecule is OCc1cn(-c2ccccc2)nc1-c1cc(F)c(Cl)cc1Cl. The quantitative estimate of drug-likeness (QED) is 0.716. The summed E-state index contributed by atoms with van der Waals surface area (Å²) in [6, 6.07) is 12.0. The van der Waals surface area contributed by atoms with Gasteiger partial charge in [-0.1, -0.05) is 41.4 Å². The molecular weight excluding hydrogens is 326 g/mol. The first-order valence-electron chi connectivity index (χ1n) is 6.50. The third kappa shape index (κ3) is 2.73. The Morgan fingerprint density at radius 1 is 1.09 bits per heavy atom. The molecule has 0 aliphatic carbocycles. The molecule has 6 heteroatoms. The number of aromatic nitrogens is 2. The maximum Gasteiger partial charge on any atom is 0.142 e. The lowest BCUT2D eigenvalue weighted by atomic mass is 10.1. The van der Waals surface area contributed by atoms with Crippen molar-refractivity contribution in [2.24, 2.45) is 0 Å². The third-order valence-electron chi connectivity index (χ3n) is 3.25. The Morgan fingerprint density at radius 2 is 1.82 bits per heavy atom. The maximum absolute atomic E-state index is 13.7. The van der Waals surface area contributed by atoms with Crippen molar-refractivity contribution in [1.82, 2.24) is 9.78 Å². The number of benzene rings is 2. The van der Waals surface area contributed by atoms with Crippen LogP contribution in [0, 0.1) is 5.82 Å². The van der Waals surface area contributed by atoms with Gasteiger partial charge in [0.1, 0.15) is 5.82 Å². The zero-order chi connectivity index (χ0) is 15.7. The van der Waals surface area contributed by atoms with E-state index in [-0.39, 0.29) is 16.7 Å². The van der Waals surface area contributed by atoms with E-state index in [0.29, 0.717) is 16.8 Å². The fourth-order valence-corrected chi connectivity index (χ4v) is 2.64. The van der Waals surface area contributed by atoms with Gasteiger partial charge >= 0.3 is 0 Å². The minimum Gasteiger partial charge on any atom is -0.392 e. The molecule has 0 amide bonds. The van der Waals surface area contributed by atoms with Gasteiger partial charge in [-0.3, -0.25) is 0 Å². The zero-order valence-corrected chi connectivity index (χ0v) is 12.8. The Morgan fingerprint density at radius 3 is 2.50 bits per heavy atom. The first kappa shape index (κ1) is 15.0. The van der Waals surface area contributed by atoms with Crippen molar-refractivity contribution in [3.8, 4) is 16.9 Å². The van der Waals surface area contributed by atoms with Crippen molar-refractivity contribution < 1.29 is 9.50 Å². The van der Waals surface area contributed by atoms with Gasteiger partial charge in [-0.25, -0.2) is 9.07 Å². The Balaban J connectivity index is 2.16. The molecule has 22 heavy (non-hydrogen) atoms. The number of halogens is 3. The number of hydrogen-bond acceptors (Lipinski definition) is 2. The molecule has 0 bridgehead atoms. The Labute approximate surface area is 136 Å². The molecule has 0 spiro atoms. The molecule has 0 fully saturated rings. The van der Waals surface area contributed by atoms with Crippen molar-refractivity contribution in [2.45, 2.75) is 6.61 Å². The van der Waals surface area contributed by atoms with Gasteiger partial charge in [-0.15, -0.1) is 0 Å². The molecule has 3 nitrogen and oxygen atoms in total. The lowest BCUT2D eigenvalue weighted by molar-refractivity contribution is 0.282. The van der Waals surface area contributed by atoms with Crippen LogP contribution < -0.4 is 0 Å². The van der Waals surface area contributed by atoms with Crippen molar-refractivity contribution >= 4 is 23.2 Å². The summed E-state index contributed by atoms with van der Waals surface area (Å²) in [5, 5.41) is 14.2. The Bertz CT molecular complexity index is 819. The van der Waals surface area contributed by atoms with Crippen LogP contribution in [-0.2, 0) is 6.61 Å². The predicted molar refractivity (Wildman–Crippen MR) is 84.9 cm³/mol. The van der Waals surface area contributed by atoms with Gasteiger partial charge < -0.3 is 5.11 Å². The maximum atomic E-state index is 13.7. The normalized spacial score (nSPS) is 10.9. The van der Waals surface area contributed by atoms with E-state index in [1.54, 1.807) is 10.9 Å². The lowest BCUT2D eigenvalue weighted by Crippen LogP contribution is -1.94. The number of aliphatic hydroxyl groups excluding tert-OH is 1. The standard InChI is InChI=1S/C16H11Cl2FN2O/c17-13-7-14(18)15(19)6-12(13)16-10(9-22)8-21(20-16)11-4-2-1-3-5-11/h1-8,22H,9H2. The van der Waals surface area contributed by atoms with Crippen molar-refractivity contribution in [2.75, 3.05) is 0 Å². The summed E-state index contributed by atoms with van der Waals surface area (Å²) in [5.41, 5.74) is 2.19. The minimum atomic E-state index is -0.584. The van der Waals surface area contributed by atoms with Crippen LogP contribution in [0.4, 0.5) is 4.39 Å². The van der Waals surface area contributed by atoms with Gasteiger partial charge in [0.05, 0.1) is 28.0 Å². The molecule has 1 heterocycles. The summed E-state index contributed by atoms with van der Waals surface area (Å²) in [6.07, 6.45) is 1.69. The average molecular weight is 337 g/mol. The number of hydrogen-bond donors (Lipinski definition) is 1. The molecule has 0 radical (unpaired) electrons. The van der Waals surface area contributed by atoms with Crippen molar-refractivity contribution in [3.05, 3.63) is 70.1 Å². The van der Waals surface area contributed by atoms with E-state index in [9.17, 15) is 9.50 Å². The molecule has 0 unspecified atom stereocenters. The molecule has 3 rings (SSSR count). The molecule has 1 aromatic heterocycles. The molecule has 112 valence electrons. The fourth-order valence-electron chi connectivity index (χ4n) is 2.17. The summed E-state index contributed by atoms with van der Waals surface area (Å²) in [4.78, 5) is 0. The van der Waals surface area contributed by atoms with E-state index in [1.165, 1.54) is 12.1 Å². The summed E-state index contributed by atoms with van der Waals surface area (Å²) in [6.45, 7) is -0.233. The Kier molecular flexibility index (Phi) is 4.16. The highest BCUT2D eigenvalue weighted by Gasteiger charge is 2.16. The summed E-state index contributed by atoms with van der Waals surface area (Å²) >= 11 is 11.9. The molecule has 0 aliphatic heterocycles. The summed E-state index contributed by atoms with van der Waals surface area (Å²) in [7, 11) is 0. The van der Waals surface area contributed by atoms with Crippen molar-refractivity contribution in [1.29, 1.82) is 0 Å². The molecule has 2 aromatic carbocycles. The predicted octanol–water partition coefficient (Wildman–Crippen LogP) is 4.48. The van der Waals surface area contributed by atoms with Crippen LogP contribution in [-0.4, -0.2) is 14.9 Å². The van der Waals surface area contributed by atoms with Gasteiger partial charge in [-0.05, 0) is 24.3 Å².